The second kappa shape index (κ2) is 8.31. The average molecular weight is 378 g/mol. The maximum absolute atomic E-state index is 3.62. The molecule has 0 aromatic heterocycles. The number of benzene rings is 1. The van der Waals surface area contributed by atoms with Crippen molar-refractivity contribution in [2.45, 2.75) is 26.8 Å². The average Bonchev–Trinajstić information content (AvgIpc) is 2.34. The van der Waals surface area contributed by atoms with E-state index in [0.29, 0.717) is 6.04 Å². The van der Waals surface area contributed by atoms with Gasteiger partial charge < -0.3 is 10.2 Å². The molecule has 1 rings (SSSR count). The number of hydrogen-bond acceptors (Lipinski definition) is 2. The molecule has 2 nitrogen and oxygen atoms in total. The van der Waals surface area contributed by atoms with Gasteiger partial charge in [0.05, 0.1) is 0 Å². The summed E-state index contributed by atoms with van der Waals surface area (Å²) in [6.45, 7) is 11.0. The quantitative estimate of drug-likeness (QED) is 0.765. The number of likely N-dealkylation sites (N-methyl/N-ethyl adjacent to an activating group) is 1. The smallest absolute Gasteiger partial charge is 0.0303 e. The Balaban J connectivity index is 2.47. The van der Waals surface area contributed by atoms with E-state index in [1.807, 2.05) is 0 Å². The Hall–Kier alpha value is 0.1000. The van der Waals surface area contributed by atoms with Crippen LogP contribution in [-0.4, -0.2) is 31.1 Å². The summed E-state index contributed by atoms with van der Waals surface area (Å²) in [7, 11) is 0. The van der Waals surface area contributed by atoms with Gasteiger partial charge >= 0.3 is 0 Å². The van der Waals surface area contributed by atoms with Gasteiger partial charge in [-0.05, 0) is 37.7 Å². The van der Waals surface area contributed by atoms with Gasteiger partial charge in [0.2, 0.25) is 0 Å². The molecule has 1 unspecified atom stereocenters. The largest absolute Gasteiger partial charge is 0.309 e. The Bertz CT molecular complexity index is 365. The predicted molar refractivity (Wildman–Crippen MR) is 86.0 cm³/mol. The Morgan fingerprint density at radius 1 is 1.22 bits per heavy atom. The van der Waals surface area contributed by atoms with Crippen molar-refractivity contribution in [3.63, 3.8) is 0 Å². The first-order valence-corrected chi connectivity index (χ1v) is 8.07. The van der Waals surface area contributed by atoms with Crippen molar-refractivity contribution in [3.8, 4) is 0 Å². The monoisotopic (exact) mass is 376 g/mol. The van der Waals surface area contributed by atoms with E-state index in [0.717, 1.165) is 35.1 Å². The highest BCUT2D eigenvalue weighted by Crippen LogP contribution is 2.26. The molecule has 18 heavy (non-hydrogen) atoms. The highest BCUT2D eigenvalue weighted by atomic mass is 79.9. The summed E-state index contributed by atoms with van der Waals surface area (Å²) in [5.41, 5.74) is 1.30. The van der Waals surface area contributed by atoms with E-state index >= 15 is 0 Å². The molecule has 0 bridgehead atoms. The summed E-state index contributed by atoms with van der Waals surface area (Å²) in [5, 5.41) is 3.57. The van der Waals surface area contributed by atoms with Crippen LogP contribution in [0.15, 0.2) is 27.1 Å². The van der Waals surface area contributed by atoms with Gasteiger partial charge in [0.15, 0.2) is 0 Å². The minimum absolute atomic E-state index is 0.364. The minimum Gasteiger partial charge on any atom is -0.309 e. The topological polar surface area (TPSA) is 15.3 Å². The molecule has 1 aromatic carbocycles. The van der Waals surface area contributed by atoms with Crippen LogP contribution in [0, 0.1) is 0 Å². The number of hydrogen-bond donors (Lipinski definition) is 1. The Morgan fingerprint density at radius 3 is 2.44 bits per heavy atom. The van der Waals surface area contributed by atoms with Gasteiger partial charge in [0.1, 0.15) is 0 Å². The number of nitrogens with one attached hydrogen (secondary N) is 1. The first kappa shape index (κ1) is 16.2. The molecule has 0 heterocycles. The molecule has 0 aliphatic heterocycles. The summed E-state index contributed by atoms with van der Waals surface area (Å²) < 4.78 is 2.26. The third-order valence-electron chi connectivity index (χ3n) is 3.20. The number of halogens is 2. The molecule has 0 amide bonds. The van der Waals surface area contributed by atoms with E-state index in [1.165, 1.54) is 5.56 Å². The molecule has 0 saturated carbocycles. The fourth-order valence-electron chi connectivity index (χ4n) is 1.94. The molecule has 0 aliphatic carbocycles. The standard InChI is InChI=1S/C14H22Br2N2/c1-4-18(5-2)9-8-17-11(3)13-7-6-12(15)10-14(13)16/h6-7,10-11,17H,4-5,8-9H2,1-3H3. The highest BCUT2D eigenvalue weighted by Gasteiger charge is 2.09. The lowest BCUT2D eigenvalue weighted by molar-refractivity contribution is 0.298. The molecular weight excluding hydrogens is 356 g/mol. The Kier molecular flexibility index (Phi) is 7.46. The zero-order chi connectivity index (χ0) is 13.5. The van der Waals surface area contributed by atoms with Gasteiger partial charge in [-0.3, -0.25) is 0 Å². The van der Waals surface area contributed by atoms with Crippen molar-refractivity contribution in [2.75, 3.05) is 26.2 Å². The van der Waals surface area contributed by atoms with Crippen LogP contribution < -0.4 is 5.32 Å². The normalized spacial score (nSPS) is 13.0. The van der Waals surface area contributed by atoms with Gasteiger partial charge in [0, 0.05) is 28.1 Å². The van der Waals surface area contributed by atoms with Gasteiger partial charge in [-0.25, -0.2) is 0 Å². The molecule has 0 aliphatic rings. The fraction of sp³-hybridized carbons (Fsp3) is 0.571. The van der Waals surface area contributed by atoms with E-state index in [2.05, 4.69) is 81.0 Å². The first-order valence-electron chi connectivity index (χ1n) is 6.49. The van der Waals surface area contributed by atoms with E-state index in [-0.39, 0.29) is 0 Å². The molecule has 0 spiro atoms. The van der Waals surface area contributed by atoms with Crippen LogP contribution in [0.2, 0.25) is 0 Å². The summed E-state index contributed by atoms with van der Waals surface area (Å²) in [4.78, 5) is 2.43. The van der Waals surface area contributed by atoms with E-state index in [4.69, 9.17) is 0 Å². The molecular formula is C14H22Br2N2. The summed E-state index contributed by atoms with van der Waals surface area (Å²) >= 11 is 7.09. The zero-order valence-electron chi connectivity index (χ0n) is 11.3. The van der Waals surface area contributed by atoms with Crippen molar-refractivity contribution >= 4 is 31.9 Å². The lowest BCUT2D eigenvalue weighted by Crippen LogP contribution is -2.33. The molecule has 102 valence electrons. The van der Waals surface area contributed by atoms with Crippen molar-refractivity contribution < 1.29 is 0 Å². The SMILES string of the molecule is CCN(CC)CCNC(C)c1ccc(Br)cc1Br. The van der Waals surface area contributed by atoms with Crippen LogP contribution in [-0.2, 0) is 0 Å². The van der Waals surface area contributed by atoms with Gasteiger partial charge in [-0.15, -0.1) is 0 Å². The highest BCUT2D eigenvalue weighted by molar-refractivity contribution is 9.11. The van der Waals surface area contributed by atoms with Gasteiger partial charge in [0.25, 0.3) is 0 Å². The van der Waals surface area contributed by atoms with Crippen molar-refractivity contribution in [1.29, 1.82) is 0 Å². The predicted octanol–water partition coefficient (Wildman–Crippen LogP) is 4.20. The van der Waals surface area contributed by atoms with Crippen LogP contribution >= 0.6 is 31.9 Å². The zero-order valence-corrected chi connectivity index (χ0v) is 14.5. The fourth-order valence-corrected chi connectivity index (χ4v) is 3.33. The van der Waals surface area contributed by atoms with Crippen molar-refractivity contribution in [2.24, 2.45) is 0 Å². The van der Waals surface area contributed by atoms with Gasteiger partial charge in [-0.2, -0.15) is 0 Å². The number of nitrogens with zero attached hydrogens (tertiary/aromatic N) is 1. The summed E-state index contributed by atoms with van der Waals surface area (Å²) in [6.07, 6.45) is 0. The van der Waals surface area contributed by atoms with Crippen LogP contribution in [0.25, 0.3) is 0 Å². The second-order valence-corrected chi connectivity index (χ2v) is 6.14. The summed E-state index contributed by atoms with van der Waals surface area (Å²) in [5.74, 6) is 0. The van der Waals surface area contributed by atoms with E-state index < -0.39 is 0 Å². The maximum atomic E-state index is 3.62. The first-order chi connectivity index (χ1) is 8.58. The summed E-state index contributed by atoms with van der Waals surface area (Å²) in [6, 6.07) is 6.70. The molecule has 1 aromatic rings. The molecule has 0 saturated heterocycles. The Morgan fingerprint density at radius 2 is 1.89 bits per heavy atom. The van der Waals surface area contributed by atoms with Crippen molar-refractivity contribution in [1.82, 2.24) is 10.2 Å². The maximum Gasteiger partial charge on any atom is 0.0303 e. The minimum atomic E-state index is 0.364. The van der Waals surface area contributed by atoms with Crippen molar-refractivity contribution in [3.05, 3.63) is 32.7 Å². The van der Waals surface area contributed by atoms with Crippen LogP contribution in [0.5, 0.6) is 0 Å². The van der Waals surface area contributed by atoms with Crippen LogP contribution in [0.4, 0.5) is 0 Å². The van der Waals surface area contributed by atoms with Gasteiger partial charge in [-0.1, -0.05) is 51.8 Å². The lowest BCUT2D eigenvalue weighted by Gasteiger charge is -2.21. The van der Waals surface area contributed by atoms with E-state index in [9.17, 15) is 0 Å². The lowest BCUT2D eigenvalue weighted by atomic mass is 10.1. The number of rotatable bonds is 7. The molecule has 0 fully saturated rings. The van der Waals surface area contributed by atoms with Crippen LogP contribution in [0.1, 0.15) is 32.4 Å². The van der Waals surface area contributed by atoms with Crippen LogP contribution in [0.3, 0.4) is 0 Å². The van der Waals surface area contributed by atoms with E-state index in [1.54, 1.807) is 0 Å². The third kappa shape index (κ3) is 5.00. The molecule has 4 heteroatoms. The molecule has 1 atom stereocenters. The molecule has 1 N–H and O–H groups in total. The Labute approximate surface area is 127 Å². The second-order valence-electron chi connectivity index (χ2n) is 4.37. The molecule has 0 radical (unpaired) electrons. The third-order valence-corrected chi connectivity index (χ3v) is 4.38.